The van der Waals surface area contributed by atoms with Crippen molar-refractivity contribution in [3.05, 3.63) is 24.3 Å². The second kappa shape index (κ2) is 8.05. The normalized spacial score (nSPS) is 18.0. The van der Waals surface area contributed by atoms with Gasteiger partial charge in [-0.3, -0.25) is 4.79 Å². The zero-order valence-corrected chi connectivity index (χ0v) is 13.2. The lowest BCUT2D eigenvalue weighted by Crippen LogP contribution is -2.53. The van der Waals surface area contributed by atoms with Crippen molar-refractivity contribution in [1.82, 2.24) is 4.90 Å². The molecular weight excluding hydrogens is 306 g/mol. The Balaban J connectivity index is 1.89. The summed E-state index contributed by atoms with van der Waals surface area (Å²) in [5.74, 6) is -0.219. The fourth-order valence-corrected chi connectivity index (χ4v) is 2.92. The van der Waals surface area contributed by atoms with E-state index < -0.39 is 12.0 Å². The van der Waals surface area contributed by atoms with Gasteiger partial charge < -0.3 is 19.5 Å². The van der Waals surface area contributed by atoms with E-state index in [0.29, 0.717) is 19.8 Å². The van der Waals surface area contributed by atoms with Gasteiger partial charge in [0.25, 0.3) is 0 Å². The van der Waals surface area contributed by atoms with E-state index in [2.05, 4.69) is 0 Å². The molecule has 1 amide bonds. The van der Waals surface area contributed by atoms with Crippen LogP contribution < -0.4 is 4.74 Å². The molecule has 1 heterocycles. The molecule has 7 heteroatoms. The minimum Gasteiger partial charge on any atom is -0.494 e. The van der Waals surface area contributed by atoms with Crippen molar-refractivity contribution < 1.29 is 24.2 Å². The summed E-state index contributed by atoms with van der Waals surface area (Å²) in [5, 5.41) is 9.13. The molecule has 1 atom stereocenters. The smallest absolute Gasteiger partial charge is 0.328 e. The first-order valence-electron chi connectivity index (χ1n) is 7.07. The van der Waals surface area contributed by atoms with Gasteiger partial charge in [0, 0.05) is 11.4 Å². The van der Waals surface area contributed by atoms with Gasteiger partial charge >= 0.3 is 5.97 Å². The van der Waals surface area contributed by atoms with Gasteiger partial charge in [0.2, 0.25) is 5.91 Å². The van der Waals surface area contributed by atoms with Crippen LogP contribution in [-0.4, -0.2) is 60.0 Å². The van der Waals surface area contributed by atoms with Crippen molar-refractivity contribution >= 4 is 23.6 Å². The van der Waals surface area contributed by atoms with Crippen LogP contribution in [0.4, 0.5) is 0 Å². The molecule has 2 rings (SSSR count). The molecule has 0 bridgehead atoms. The summed E-state index contributed by atoms with van der Waals surface area (Å²) < 4.78 is 10.5. The van der Waals surface area contributed by atoms with Crippen LogP contribution in [0.2, 0.25) is 0 Å². The number of carboxylic acid groups (broad SMARTS) is 1. The van der Waals surface area contributed by atoms with Crippen molar-refractivity contribution in [3.63, 3.8) is 0 Å². The Bertz CT molecular complexity index is 519. The van der Waals surface area contributed by atoms with Crippen molar-refractivity contribution in [2.24, 2.45) is 0 Å². The summed E-state index contributed by atoms with van der Waals surface area (Å²) in [6, 6.07) is 6.59. The number of carbonyl (C=O) groups is 2. The fraction of sp³-hybridized carbons (Fsp3) is 0.467. The van der Waals surface area contributed by atoms with Gasteiger partial charge in [-0.2, -0.15) is 0 Å². The summed E-state index contributed by atoms with van der Waals surface area (Å²) in [4.78, 5) is 25.7. The average Bonchev–Trinajstić information content (AvgIpc) is 2.54. The number of morpholine rings is 1. The third-order valence-corrected chi connectivity index (χ3v) is 4.23. The number of thioether (sulfide) groups is 1. The molecule has 6 nitrogen and oxygen atoms in total. The zero-order valence-electron chi connectivity index (χ0n) is 12.4. The molecule has 0 radical (unpaired) electrons. The van der Waals surface area contributed by atoms with Crippen LogP contribution in [-0.2, 0) is 14.3 Å². The highest BCUT2D eigenvalue weighted by Gasteiger charge is 2.32. The number of carbonyl (C=O) groups excluding carboxylic acids is 1. The lowest BCUT2D eigenvalue weighted by atomic mass is 10.2. The van der Waals surface area contributed by atoms with E-state index in [4.69, 9.17) is 14.6 Å². The standard InChI is InChI=1S/C15H19NO5S/c1-2-21-11-3-5-12(6-4-11)22-10-14(17)16-7-8-20-9-13(16)15(18)19/h3-6,13H,2,7-10H2,1H3,(H,18,19). The second-order valence-electron chi connectivity index (χ2n) is 4.71. The Morgan fingerprint density at radius 3 is 2.77 bits per heavy atom. The number of benzene rings is 1. The summed E-state index contributed by atoms with van der Waals surface area (Å²) >= 11 is 1.38. The van der Waals surface area contributed by atoms with E-state index in [1.165, 1.54) is 16.7 Å². The van der Waals surface area contributed by atoms with Crippen LogP contribution >= 0.6 is 11.8 Å². The number of hydrogen-bond acceptors (Lipinski definition) is 5. The summed E-state index contributed by atoms with van der Waals surface area (Å²) in [5.41, 5.74) is 0. The van der Waals surface area contributed by atoms with Crippen LogP contribution in [0.3, 0.4) is 0 Å². The molecule has 1 fully saturated rings. The van der Waals surface area contributed by atoms with Gasteiger partial charge in [-0.25, -0.2) is 4.79 Å². The molecule has 22 heavy (non-hydrogen) atoms. The second-order valence-corrected chi connectivity index (χ2v) is 5.76. The molecule has 1 aliphatic heterocycles. The quantitative estimate of drug-likeness (QED) is 0.799. The van der Waals surface area contributed by atoms with Crippen molar-refractivity contribution in [3.8, 4) is 5.75 Å². The molecule has 0 aliphatic carbocycles. The molecule has 0 spiro atoms. The maximum absolute atomic E-state index is 12.2. The lowest BCUT2D eigenvalue weighted by Gasteiger charge is -2.32. The number of nitrogens with zero attached hydrogens (tertiary/aromatic N) is 1. The van der Waals surface area contributed by atoms with Crippen molar-refractivity contribution in [2.45, 2.75) is 17.9 Å². The highest BCUT2D eigenvalue weighted by molar-refractivity contribution is 8.00. The number of amides is 1. The molecule has 1 saturated heterocycles. The van der Waals surface area contributed by atoms with Gasteiger partial charge in [-0.1, -0.05) is 0 Å². The summed E-state index contributed by atoms with van der Waals surface area (Å²) in [7, 11) is 0. The predicted octanol–water partition coefficient (Wildman–Crippen LogP) is 1.49. The number of aliphatic carboxylic acids is 1. The first-order chi connectivity index (χ1) is 10.6. The number of ether oxygens (including phenoxy) is 2. The van der Waals surface area contributed by atoms with Crippen LogP contribution in [0.5, 0.6) is 5.75 Å². The van der Waals surface area contributed by atoms with E-state index >= 15 is 0 Å². The van der Waals surface area contributed by atoms with E-state index in [0.717, 1.165) is 10.6 Å². The Morgan fingerprint density at radius 2 is 2.14 bits per heavy atom. The van der Waals surface area contributed by atoms with Crippen LogP contribution in [0, 0.1) is 0 Å². The Morgan fingerprint density at radius 1 is 1.41 bits per heavy atom. The van der Waals surface area contributed by atoms with E-state index in [1.807, 2.05) is 31.2 Å². The fourth-order valence-electron chi connectivity index (χ4n) is 2.13. The lowest BCUT2D eigenvalue weighted by molar-refractivity contribution is -0.157. The third-order valence-electron chi connectivity index (χ3n) is 3.23. The number of carboxylic acids is 1. The highest BCUT2D eigenvalue weighted by atomic mass is 32.2. The minimum atomic E-state index is -1.03. The van der Waals surface area contributed by atoms with Crippen molar-refractivity contribution in [2.75, 3.05) is 32.1 Å². The van der Waals surface area contributed by atoms with E-state index in [-0.39, 0.29) is 18.3 Å². The molecule has 1 N–H and O–H groups in total. The molecule has 0 saturated carbocycles. The van der Waals surface area contributed by atoms with E-state index in [9.17, 15) is 9.59 Å². The van der Waals surface area contributed by atoms with Crippen LogP contribution in [0.1, 0.15) is 6.92 Å². The molecular formula is C15H19NO5S. The SMILES string of the molecule is CCOc1ccc(SCC(=O)N2CCOCC2C(=O)O)cc1. The van der Waals surface area contributed by atoms with Gasteiger partial charge in [-0.05, 0) is 31.2 Å². The Labute approximate surface area is 133 Å². The topological polar surface area (TPSA) is 76.1 Å². The van der Waals surface area contributed by atoms with Crippen LogP contribution in [0.25, 0.3) is 0 Å². The zero-order chi connectivity index (χ0) is 15.9. The molecule has 1 aromatic carbocycles. The van der Waals surface area contributed by atoms with Gasteiger partial charge in [0.05, 0.1) is 25.6 Å². The molecule has 1 aliphatic rings. The average molecular weight is 325 g/mol. The first kappa shape index (κ1) is 16.6. The largest absolute Gasteiger partial charge is 0.494 e. The first-order valence-corrected chi connectivity index (χ1v) is 8.06. The molecule has 1 unspecified atom stereocenters. The third kappa shape index (κ3) is 4.38. The monoisotopic (exact) mass is 325 g/mol. The maximum Gasteiger partial charge on any atom is 0.328 e. The number of rotatable bonds is 6. The van der Waals surface area contributed by atoms with Gasteiger partial charge in [-0.15, -0.1) is 11.8 Å². The minimum absolute atomic E-state index is 0.0504. The number of hydrogen-bond donors (Lipinski definition) is 1. The molecule has 120 valence electrons. The Hall–Kier alpha value is -1.73. The predicted molar refractivity (Wildman–Crippen MR) is 82.3 cm³/mol. The Kier molecular flexibility index (Phi) is 6.09. The van der Waals surface area contributed by atoms with Crippen LogP contribution in [0.15, 0.2) is 29.2 Å². The summed E-state index contributed by atoms with van der Waals surface area (Å²) in [6.07, 6.45) is 0. The highest BCUT2D eigenvalue weighted by Crippen LogP contribution is 2.22. The van der Waals surface area contributed by atoms with Gasteiger partial charge in [0.15, 0.2) is 6.04 Å². The van der Waals surface area contributed by atoms with E-state index in [1.54, 1.807) is 0 Å². The van der Waals surface area contributed by atoms with Crippen molar-refractivity contribution in [1.29, 1.82) is 0 Å². The molecule has 0 aromatic heterocycles. The molecule has 1 aromatic rings. The maximum atomic E-state index is 12.2. The summed E-state index contributed by atoms with van der Waals surface area (Å²) in [6.45, 7) is 3.28. The van der Waals surface area contributed by atoms with Gasteiger partial charge in [0.1, 0.15) is 5.75 Å².